The van der Waals surface area contributed by atoms with Crippen LogP contribution in [0, 0.1) is 6.92 Å². The lowest BCUT2D eigenvalue weighted by atomic mass is 10.1. The first kappa shape index (κ1) is 23.7. The topological polar surface area (TPSA) is 71.3 Å². The second-order valence-electron chi connectivity index (χ2n) is 7.31. The van der Waals surface area contributed by atoms with Crippen LogP contribution in [0.5, 0.6) is 0 Å². The van der Waals surface area contributed by atoms with Crippen LogP contribution in [0.15, 0.2) is 54.6 Å². The highest BCUT2D eigenvalue weighted by Crippen LogP contribution is 2.33. The maximum absolute atomic E-state index is 13.0. The Morgan fingerprint density at radius 3 is 2.25 bits per heavy atom. The minimum Gasteiger partial charge on any atom is -0.356 e. The fourth-order valence-corrected chi connectivity index (χ4v) is 4.01. The lowest BCUT2D eigenvalue weighted by molar-refractivity contribution is -0.137. The number of halogens is 3. The highest BCUT2D eigenvalue weighted by molar-refractivity contribution is 7.78. The number of carbonyl (C=O) groups is 1. The second-order valence-corrected chi connectivity index (χ2v) is 8.24. The van der Waals surface area contributed by atoms with Crippen molar-refractivity contribution in [3.63, 3.8) is 0 Å². The lowest BCUT2D eigenvalue weighted by Gasteiger charge is -2.14. The Hall–Kier alpha value is -2.91. The van der Waals surface area contributed by atoms with Crippen molar-refractivity contribution in [3.05, 3.63) is 77.0 Å². The molecule has 1 atom stereocenters. The maximum Gasteiger partial charge on any atom is 0.416 e. The largest absolute Gasteiger partial charge is 0.416 e. The summed E-state index contributed by atoms with van der Waals surface area (Å²) in [5, 5.41) is 2.75. The number of likely N-dealkylation sites (N-methyl/N-ethyl adjacent to an activating group) is 1. The third-order valence-corrected chi connectivity index (χ3v) is 5.65. The van der Waals surface area contributed by atoms with E-state index < -0.39 is 22.8 Å². The molecule has 0 aliphatic rings. The number of carbonyl (C=O) groups excluding carboxylic acids is 1. The molecule has 0 aliphatic carbocycles. The first-order valence-corrected chi connectivity index (χ1v) is 11.2. The van der Waals surface area contributed by atoms with Crippen LogP contribution in [0.25, 0.3) is 16.9 Å². The molecule has 170 valence electrons. The zero-order valence-electron chi connectivity index (χ0n) is 17.6. The Kier molecular flexibility index (Phi) is 7.20. The van der Waals surface area contributed by atoms with E-state index in [-0.39, 0.29) is 18.1 Å². The number of nitrogens with zero attached hydrogens (tertiary/aromatic N) is 1. The molecule has 0 aliphatic heterocycles. The van der Waals surface area contributed by atoms with Crippen molar-refractivity contribution in [1.82, 2.24) is 9.88 Å². The molecule has 32 heavy (non-hydrogen) atoms. The predicted octanol–water partition coefficient (Wildman–Crippen LogP) is 4.87. The van der Waals surface area contributed by atoms with Gasteiger partial charge in [0.25, 0.3) is 0 Å². The molecular formula is C23H23F3N2O3S. The monoisotopic (exact) mass is 464 g/mol. The molecule has 9 heteroatoms. The van der Waals surface area contributed by atoms with Crippen molar-refractivity contribution in [3.8, 4) is 16.9 Å². The van der Waals surface area contributed by atoms with E-state index in [0.29, 0.717) is 23.5 Å². The summed E-state index contributed by atoms with van der Waals surface area (Å²) >= 11 is -1.96. The molecule has 3 rings (SSSR count). The third-order valence-electron chi connectivity index (χ3n) is 5.07. The van der Waals surface area contributed by atoms with Crippen LogP contribution in [-0.4, -0.2) is 25.8 Å². The maximum atomic E-state index is 13.0. The van der Waals surface area contributed by atoms with Gasteiger partial charge in [-0.25, -0.2) is 4.21 Å². The fraction of sp³-hybridized carbons (Fsp3) is 0.261. The van der Waals surface area contributed by atoms with Gasteiger partial charge in [-0.15, -0.1) is 0 Å². The molecule has 1 aromatic heterocycles. The molecular weight excluding hydrogens is 441 g/mol. The SMILES string of the molecule is CCNC(=O)Cc1cc(-c2ccc(CS(=O)O)cc2)n(-c2ccc(C(F)(F)F)cc2)c1C. The van der Waals surface area contributed by atoms with Crippen LogP contribution in [0.3, 0.4) is 0 Å². The van der Waals surface area contributed by atoms with Gasteiger partial charge in [0.2, 0.25) is 5.91 Å². The summed E-state index contributed by atoms with van der Waals surface area (Å²) in [4.78, 5) is 12.2. The lowest BCUT2D eigenvalue weighted by Crippen LogP contribution is -2.24. The van der Waals surface area contributed by atoms with Crippen molar-refractivity contribution in [2.24, 2.45) is 0 Å². The zero-order valence-corrected chi connectivity index (χ0v) is 18.4. The summed E-state index contributed by atoms with van der Waals surface area (Å²) in [6.07, 6.45) is -4.29. The molecule has 0 saturated heterocycles. The number of alkyl halides is 3. The highest BCUT2D eigenvalue weighted by atomic mass is 32.2. The average molecular weight is 465 g/mol. The number of aromatic nitrogens is 1. The summed E-state index contributed by atoms with van der Waals surface area (Å²) < 4.78 is 61.0. The molecule has 1 amide bonds. The molecule has 3 aromatic rings. The van der Waals surface area contributed by atoms with E-state index in [0.717, 1.165) is 29.0 Å². The van der Waals surface area contributed by atoms with Gasteiger partial charge in [-0.1, -0.05) is 24.3 Å². The van der Waals surface area contributed by atoms with E-state index in [9.17, 15) is 22.2 Å². The fourth-order valence-electron chi connectivity index (χ4n) is 3.53. The molecule has 2 N–H and O–H groups in total. The van der Waals surface area contributed by atoms with Gasteiger partial charge in [-0.3, -0.25) is 4.79 Å². The number of hydrogen-bond donors (Lipinski definition) is 2. The van der Waals surface area contributed by atoms with Crippen LogP contribution in [-0.2, 0) is 34.2 Å². The van der Waals surface area contributed by atoms with Crippen LogP contribution in [0.4, 0.5) is 13.2 Å². The van der Waals surface area contributed by atoms with E-state index in [1.165, 1.54) is 12.1 Å². The molecule has 0 bridgehead atoms. The van der Waals surface area contributed by atoms with Crippen molar-refractivity contribution < 1.29 is 26.7 Å². The average Bonchev–Trinajstić information content (AvgIpc) is 3.04. The van der Waals surface area contributed by atoms with Gasteiger partial charge in [-0.05, 0) is 60.9 Å². The molecule has 0 spiro atoms. The van der Waals surface area contributed by atoms with Crippen molar-refractivity contribution in [2.75, 3.05) is 6.54 Å². The first-order chi connectivity index (χ1) is 15.1. The zero-order chi connectivity index (χ0) is 23.5. The van der Waals surface area contributed by atoms with Gasteiger partial charge >= 0.3 is 6.18 Å². The van der Waals surface area contributed by atoms with Crippen molar-refractivity contribution in [2.45, 2.75) is 32.2 Å². The van der Waals surface area contributed by atoms with Gasteiger partial charge in [0.05, 0.1) is 23.4 Å². The van der Waals surface area contributed by atoms with Crippen LogP contribution < -0.4 is 5.32 Å². The van der Waals surface area contributed by atoms with Crippen molar-refractivity contribution >= 4 is 17.0 Å². The summed E-state index contributed by atoms with van der Waals surface area (Å²) in [6.45, 7) is 4.14. The Labute approximate surface area is 186 Å². The van der Waals surface area contributed by atoms with Gasteiger partial charge in [0.1, 0.15) is 0 Å². The predicted molar refractivity (Wildman–Crippen MR) is 118 cm³/mol. The summed E-state index contributed by atoms with van der Waals surface area (Å²) in [5.74, 6) is -0.144. The third kappa shape index (κ3) is 5.46. The Balaban J connectivity index is 2.08. The van der Waals surface area contributed by atoms with E-state index in [2.05, 4.69) is 5.32 Å². The normalized spacial score (nSPS) is 12.6. The Morgan fingerprint density at radius 1 is 1.09 bits per heavy atom. The van der Waals surface area contributed by atoms with Crippen LogP contribution in [0.1, 0.15) is 29.3 Å². The van der Waals surface area contributed by atoms with Crippen LogP contribution >= 0.6 is 0 Å². The van der Waals surface area contributed by atoms with Gasteiger partial charge in [0.15, 0.2) is 11.1 Å². The van der Waals surface area contributed by atoms with Gasteiger partial charge in [-0.2, -0.15) is 13.2 Å². The number of nitrogens with one attached hydrogen (secondary N) is 1. The van der Waals surface area contributed by atoms with E-state index in [1.54, 1.807) is 24.3 Å². The smallest absolute Gasteiger partial charge is 0.356 e. The van der Waals surface area contributed by atoms with Gasteiger partial charge in [0, 0.05) is 17.9 Å². The molecule has 5 nitrogen and oxygen atoms in total. The molecule has 0 radical (unpaired) electrons. The molecule has 1 heterocycles. The molecule has 0 saturated carbocycles. The Bertz CT molecular complexity index is 1120. The molecule has 2 aromatic carbocycles. The second kappa shape index (κ2) is 9.70. The summed E-state index contributed by atoms with van der Waals surface area (Å²) in [6, 6.07) is 13.7. The Morgan fingerprint density at radius 2 is 1.72 bits per heavy atom. The quantitative estimate of drug-likeness (QED) is 0.490. The number of hydrogen-bond acceptors (Lipinski definition) is 2. The number of amides is 1. The summed E-state index contributed by atoms with van der Waals surface area (Å²) in [5.41, 5.74) is 3.45. The minimum atomic E-state index is -4.43. The highest BCUT2D eigenvalue weighted by Gasteiger charge is 2.30. The molecule has 0 fully saturated rings. The standard InChI is InChI=1S/C23H23F3N2O3S/c1-3-27-22(29)13-18-12-21(17-6-4-16(5-7-17)14-32(30)31)28(15(18)2)20-10-8-19(9-11-20)23(24,25)26/h4-12H,3,13-14H2,1-2H3,(H,27,29)(H,30,31). The number of rotatable bonds is 7. The van der Waals surface area contributed by atoms with Gasteiger partial charge < -0.3 is 14.4 Å². The molecule has 1 unspecified atom stereocenters. The van der Waals surface area contributed by atoms with Crippen molar-refractivity contribution in [1.29, 1.82) is 0 Å². The van der Waals surface area contributed by atoms with Crippen LogP contribution in [0.2, 0.25) is 0 Å². The van der Waals surface area contributed by atoms with E-state index in [4.69, 9.17) is 4.55 Å². The first-order valence-electron chi connectivity index (χ1n) is 9.92. The number of benzene rings is 2. The minimum absolute atomic E-state index is 0.00165. The van der Waals surface area contributed by atoms with E-state index in [1.807, 2.05) is 24.5 Å². The summed E-state index contributed by atoms with van der Waals surface area (Å²) in [7, 11) is 0. The van der Waals surface area contributed by atoms with E-state index >= 15 is 0 Å².